The van der Waals surface area contributed by atoms with Crippen LogP contribution in [0, 0.1) is 5.82 Å². The van der Waals surface area contributed by atoms with Gasteiger partial charge in [0.05, 0.1) is 5.56 Å². The fraction of sp³-hybridized carbons (Fsp3) is 0.467. The van der Waals surface area contributed by atoms with Crippen LogP contribution in [0.1, 0.15) is 30.4 Å². The Hall–Kier alpha value is -1.36. The molecule has 2 atom stereocenters. The van der Waals surface area contributed by atoms with Crippen LogP contribution < -0.4 is 5.32 Å². The van der Waals surface area contributed by atoms with Crippen molar-refractivity contribution in [1.29, 1.82) is 0 Å². The molecule has 20 heavy (non-hydrogen) atoms. The lowest BCUT2D eigenvalue weighted by atomic mass is 9.95. The zero-order chi connectivity index (χ0) is 14.3. The van der Waals surface area contributed by atoms with Gasteiger partial charge in [0.2, 0.25) is 0 Å². The first-order valence-corrected chi connectivity index (χ1v) is 6.73. The lowest BCUT2D eigenvalue weighted by molar-refractivity contribution is -0.137. The first-order chi connectivity index (χ1) is 9.41. The fourth-order valence-corrected chi connectivity index (χ4v) is 3.05. The van der Waals surface area contributed by atoms with Gasteiger partial charge in [0.15, 0.2) is 0 Å². The SMILES string of the molecule is Fc1cc(C(F)(F)F)ccc1CC1=CC2CCC(C1)N2. The van der Waals surface area contributed by atoms with Gasteiger partial charge in [-0.3, -0.25) is 0 Å². The van der Waals surface area contributed by atoms with Crippen molar-refractivity contribution < 1.29 is 17.6 Å². The molecule has 1 aromatic carbocycles. The zero-order valence-electron chi connectivity index (χ0n) is 10.8. The number of benzene rings is 1. The molecule has 5 heteroatoms. The number of halogens is 4. The third kappa shape index (κ3) is 2.73. The van der Waals surface area contributed by atoms with Crippen molar-refractivity contribution >= 4 is 0 Å². The van der Waals surface area contributed by atoms with Crippen molar-refractivity contribution in [2.75, 3.05) is 0 Å². The lowest BCUT2D eigenvalue weighted by Gasteiger charge is -2.21. The molecule has 0 spiro atoms. The van der Waals surface area contributed by atoms with E-state index in [0.29, 0.717) is 30.1 Å². The lowest BCUT2D eigenvalue weighted by Crippen LogP contribution is -2.32. The summed E-state index contributed by atoms with van der Waals surface area (Å²) in [6.45, 7) is 0. The van der Waals surface area contributed by atoms with Crippen LogP contribution in [0.25, 0.3) is 0 Å². The molecular weight excluding hydrogens is 270 g/mol. The Balaban J connectivity index is 1.78. The van der Waals surface area contributed by atoms with E-state index in [4.69, 9.17) is 0 Å². The maximum absolute atomic E-state index is 13.8. The molecule has 1 fully saturated rings. The van der Waals surface area contributed by atoms with E-state index in [9.17, 15) is 17.6 Å². The average Bonchev–Trinajstić information content (AvgIpc) is 2.70. The summed E-state index contributed by atoms with van der Waals surface area (Å²) < 4.78 is 51.3. The van der Waals surface area contributed by atoms with Crippen LogP contribution >= 0.6 is 0 Å². The summed E-state index contributed by atoms with van der Waals surface area (Å²) in [4.78, 5) is 0. The predicted octanol–water partition coefficient (Wildman–Crippen LogP) is 3.84. The van der Waals surface area contributed by atoms with E-state index in [0.717, 1.165) is 30.9 Å². The third-order valence-electron chi connectivity index (χ3n) is 4.02. The van der Waals surface area contributed by atoms with Gasteiger partial charge >= 0.3 is 6.18 Å². The third-order valence-corrected chi connectivity index (χ3v) is 4.02. The van der Waals surface area contributed by atoms with E-state index in [-0.39, 0.29) is 0 Å². The zero-order valence-corrected chi connectivity index (χ0v) is 10.8. The summed E-state index contributed by atoms with van der Waals surface area (Å²) >= 11 is 0. The van der Waals surface area contributed by atoms with E-state index in [1.54, 1.807) is 0 Å². The van der Waals surface area contributed by atoms with Gasteiger partial charge in [-0.15, -0.1) is 0 Å². The highest BCUT2D eigenvalue weighted by Gasteiger charge is 2.32. The van der Waals surface area contributed by atoms with Crippen molar-refractivity contribution in [3.8, 4) is 0 Å². The van der Waals surface area contributed by atoms with Crippen LogP contribution in [0.5, 0.6) is 0 Å². The number of alkyl halides is 3. The van der Waals surface area contributed by atoms with Gasteiger partial charge < -0.3 is 5.32 Å². The van der Waals surface area contributed by atoms with Crippen LogP contribution in [-0.2, 0) is 12.6 Å². The van der Waals surface area contributed by atoms with Crippen molar-refractivity contribution in [2.24, 2.45) is 0 Å². The van der Waals surface area contributed by atoms with Crippen molar-refractivity contribution in [1.82, 2.24) is 5.32 Å². The summed E-state index contributed by atoms with van der Waals surface area (Å²) in [5.41, 5.74) is 0.526. The summed E-state index contributed by atoms with van der Waals surface area (Å²) in [6.07, 6.45) is 1.06. The van der Waals surface area contributed by atoms with Crippen molar-refractivity contribution in [3.05, 3.63) is 46.8 Å². The number of fused-ring (bicyclic) bond motifs is 2. The first kappa shape index (κ1) is 13.6. The van der Waals surface area contributed by atoms with E-state index in [1.165, 1.54) is 6.07 Å². The molecule has 1 N–H and O–H groups in total. The van der Waals surface area contributed by atoms with Gasteiger partial charge in [-0.2, -0.15) is 13.2 Å². The second-order valence-corrected chi connectivity index (χ2v) is 5.56. The Labute approximate surface area is 114 Å². The molecule has 3 rings (SSSR count). The molecule has 0 aromatic heterocycles. The highest BCUT2D eigenvalue weighted by molar-refractivity contribution is 5.31. The molecule has 0 amide bonds. The number of hydrogen-bond donors (Lipinski definition) is 1. The molecule has 0 aliphatic carbocycles. The molecule has 1 saturated heterocycles. The van der Waals surface area contributed by atoms with E-state index < -0.39 is 17.6 Å². The van der Waals surface area contributed by atoms with Crippen LogP contribution in [-0.4, -0.2) is 12.1 Å². The van der Waals surface area contributed by atoms with E-state index in [1.807, 2.05) is 0 Å². The van der Waals surface area contributed by atoms with Gasteiger partial charge in [0, 0.05) is 12.1 Å². The van der Waals surface area contributed by atoms with Gasteiger partial charge in [-0.05, 0) is 43.4 Å². The predicted molar refractivity (Wildman–Crippen MR) is 67.8 cm³/mol. The molecule has 2 bridgehead atoms. The molecule has 1 nitrogen and oxygen atoms in total. The Morgan fingerprint density at radius 1 is 1.20 bits per heavy atom. The average molecular weight is 285 g/mol. The van der Waals surface area contributed by atoms with Crippen LogP contribution in [0.2, 0.25) is 0 Å². The number of nitrogens with one attached hydrogen (secondary N) is 1. The molecule has 2 aliphatic rings. The highest BCUT2D eigenvalue weighted by atomic mass is 19.4. The molecule has 108 valence electrons. The van der Waals surface area contributed by atoms with E-state index >= 15 is 0 Å². The quantitative estimate of drug-likeness (QED) is 0.643. The van der Waals surface area contributed by atoms with Crippen LogP contribution in [0.3, 0.4) is 0 Å². The minimum absolute atomic E-state index is 0.338. The number of hydrogen-bond acceptors (Lipinski definition) is 1. The summed E-state index contributed by atoms with van der Waals surface area (Å²) in [5, 5.41) is 3.43. The largest absolute Gasteiger partial charge is 0.416 e. The molecular formula is C15H15F4N. The Morgan fingerprint density at radius 2 is 2.00 bits per heavy atom. The first-order valence-electron chi connectivity index (χ1n) is 6.73. The minimum atomic E-state index is -4.49. The van der Waals surface area contributed by atoms with Crippen LogP contribution in [0.15, 0.2) is 29.8 Å². The Bertz CT molecular complexity index is 547. The summed E-state index contributed by atoms with van der Waals surface area (Å²) in [6, 6.07) is 3.59. The van der Waals surface area contributed by atoms with Crippen molar-refractivity contribution in [2.45, 2.75) is 43.9 Å². The molecule has 0 saturated carbocycles. The van der Waals surface area contributed by atoms with Crippen LogP contribution in [0.4, 0.5) is 17.6 Å². The van der Waals surface area contributed by atoms with Crippen molar-refractivity contribution in [3.63, 3.8) is 0 Å². The standard InChI is InChI=1S/C15H15F4N/c16-14-8-11(15(17,18)19)2-1-10(14)5-9-6-12-3-4-13(7-9)20-12/h1-2,6,8,12-13,20H,3-5,7H2. The molecule has 2 unspecified atom stereocenters. The molecule has 2 aliphatic heterocycles. The monoisotopic (exact) mass is 285 g/mol. The highest BCUT2D eigenvalue weighted by Crippen LogP contribution is 2.32. The molecule has 2 heterocycles. The smallest absolute Gasteiger partial charge is 0.307 e. The second kappa shape index (κ2) is 4.88. The Morgan fingerprint density at radius 3 is 2.65 bits per heavy atom. The van der Waals surface area contributed by atoms with Gasteiger partial charge in [0.25, 0.3) is 0 Å². The fourth-order valence-electron chi connectivity index (χ4n) is 3.05. The molecule has 1 aromatic rings. The minimum Gasteiger partial charge on any atom is -0.307 e. The maximum atomic E-state index is 13.8. The normalized spacial score (nSPS) is 25.7. The molecule has 0 radical (unpaired) electrons. The summed E-state index contributed by atoms with van der Waals surface area (Å²) in [7, 11) is 0. The van der Waals surface area contributed by atoms with Gasteiger partial charge in [0.1, 0.15) is 5.82 Å². The topological polar surface area (TPSA) is 12.0 Å². The Kier molecular flexibility index (Phi) is 3.32. The maximum Gasteiger partial charge on any atom is 0.416 e. The summed E-state index contributed by atoms with van der Waals surface area (Å²) in [5.74, 6) is -0.772. The van der Waals surface area contributed by atoms with E-state index in [2.05, 4.69) is 11.4 Å². The van der Waals surface area contributed by atoms with Gasteiger partial charge in [-0.25, -0.2) is 4.39 Å². The van der Waals surface area contributed by atoms with Gasteiger partial charge in [-0.1, -0.05) is 17.7 Å². The second-order valence-electron chi connectivity index (χ2n) is 5.56. The number of rotatable bonds is 2.